The Morgan fingerprint density at radius 2 is 1.73 bits per heavy atom. The first-order valence-electron chi connectivity index (χ1n) is 9.96. The zero-order valence-corrected chi connectivity index (χ0v) is 18.0. The summed E-state index contributed by atoms with van der Waals surface area (Å²) in [5.74, 6) is 1.28. The third-order valence-electron chi connectivity index (χ3n) is 5.53. The first-order chi connectivity index (χ1) is 14.6. The van der Waals surface area contributed by atoms with Crippen LogP contribution in [0.1, 0.15) is 0 Å². The first-order valence-corrected chi connectivity index (χ1v) is 10.9. The Morgan fingerprint density at radius 3 is 2.50 bits per heavy atom. The monoisotopic (exact) mass is 423 g/mol. The minimum atomic E-state index is -0.0610. The molecule has 156 valence electrons. The molecule has 3 aromatic rings. The lowest BCUT2D eigenvalue weighted by Gasteiger charge is -2.36. The molecular formula is C23H25N3O3S. The van der Waals surface area contributed by atoms with Gasteiger partial charge in [0.2, 0.25) is 5.91 Å². The molecule has 1 aliphatic rings. The number of carbonyl (C=O) groups is 1. The molecule has 2 aromatic carbocycles. The van der Waals surface area contributed by atoms with E-state index in [1.165, 1.54) is 11.8 Å². The van der Waals surface area contributed by atoms with Gasteiger partial charge >= 0.3 is 0 Å². The third kappa shape index (κ3) is 4.03. The highest BCUT2D eigenvalue weighted by atomic mass is 32.2. The van der Waals surface area contributed by atoms with Gasteiger partial charge in [0.1, 0.15) is 5.75 Å². The molecular weight excluding hydrogens is 398 g/mol. The van der Waals surface area contributed by atoms with Crippen molar-refractivity contribution in [3.63, 3.8) is 0 Å². The number of anilines is 1. The number of pyridine rings is 1. The Labute approximate surface area is 180 Å². The summed E-state index contributed by atoms with van der Waals surface area (Å²) in [5.41, 5.74) is 1.88. The Balaban J connectivity index is 1.40. The molecule has 1 amide bonds. The predicted octanol–water partition coefficient (Wildman–Crippen LogP) is 2.99. The lowest BCUT2D eigenvalue weighted by molar-refractivity contribution is -0.128. The number of amides is 1. The molecule has 0 unspecified atom stereocenters. The van der Waals surface area contributed by atoms with Crippen LogP contribution in [0.5, 0.6) is 5.75 Å². The maximum absolute atomic E-state index is 12.8. The van der Waals surface area contributed by atoms with Gasteiger partial charge in [-0.15, -0.1) is 11.8 Å². The Hall–Kier alpha value is -2.93. The molecule has 1 saturated heterocycles. The summed E-state index contributed by atoms with van der Waals surface area (Å²) in [5, 5.41) is 0.999. The van der Waals surface area contributed by atoms with Crippen LogP contribution < -0.4 is 15.2 Å². The quantitative estimate of drug-likeness (QED) is 0.591. The van der Waals surface area contributed by atoms with Crippen LogP contribution in [-0.4, -0.2) is 54.4 Å². The van der Waals surface area contributed by atoms with Crippen LogP contribution in [0.3, 0.4) is 0 Å². The van der Waals surface area contributed by atoms with Crippen molar-refractivity contribution in [1.29, 1.82) is 0 Å². The maximum atomic E-state index is 12.8. The zero-order valence-electron chi connectivity index (χ0n) is 17.2. The van der Waals surface area contributed by atoms with Gasteiger partial charge in [-0.2, -0.15) is 0 Å². The lowest BCUT2D eigenvalue weighted by Crippen LogP contribution is -2.49. The molecule has 1 fully saturated rings. The number of piperazine rings is 1. The number of carbonyl (C=O) groups excluding carboxylic acids is 1. The van der Waals surface area contributed by atoms with Crippen LogP contribution in [0.25, 0.3) is 10.9 Å². The number of rotatable bonds is 5. The normalized spacial score (nSPS) is 14.2. The summed E-state index contributed by atoms with van der Waals surface area (Å²) in [6.07, 6.45) is 0. The summed E-state index contributed by atoms with van der Waals surface area (Å²) < 4.78 is 7.10. The molecule has 4 rings (SSSR count). The van der Waals surface area contributed by atoms with Gasteiger partial charge in [0, 0.05) is 49.6 Å². The summed E-state index contributed by atoms with van der Waals surface area (Å²) in [7, 11) is 3.45. The molecule has 0 radical (unpaired) electrons. The van der Waals surface area contributed by atoms with Gasteiger partial charge in [0.05, 0.1) is 24.1 Å². The maximum Gasteiger partial charge on any atom is 0.251 e. The van der Waals surface area contributed by atoms with Crippen molar-refractivity contribution in [1.82, 2.24) is 9.47 Å². The van der Waals surface area contributed by atoms with Crippen molar-refractivity contribution in [2.75, 3.05) is 43.9 Å². The van der Waals surface area contributed by atoms with Gasteiger partial charge in [-0.3, -0.25) is 9.59 Å². The fraction of sp³-hybridized carbons (Fsp3) is 0.304. The largest absolute Gasteiger partial charge is 0.495 e. The average Bonchev–Trinajstić information content (AvgIpc) is 2.80. The third-order valence-corrected chi connectivity index (χ3v) is 6.57. The number of para-hydroxylation sites is 3. The van der Waals surface area contributed by atoms with Gasteiger partial charge in [0.15, 0.2) is 0 Å². The molecule has 1 aromatic heterocycles. The highest BCUT2D eigenvalue weighted by molar-refractivity contribution is 8.00. The van der Waals surface area contributed by atoms with E-state index >= 15 is 0 Å². The zero-order chi connectivity index (χ0) is 21.1. The van der Waals surface area contributed by atoms with E-state index < -0.39 is 0 Å². The van der Waals surface area contributed by atoms with Gasteiger partial charge in [0.25, 0.3) is 5.56 Å². The molecule has 0 spiro atoms. The second-order valence-electron chi connectivity index (χ2n) is 7.25. The topological polar surface area (TPSA) is 54.8 Å². The van der Waals surface area contributed by atoms with E-state index in [1.54, 1.807) is 24.8 Å². The second-order valence-corrected chi connectivity index (χ2v) is 8.27. The van der Waals surface area contributed by atoms with Crippen molar-refractivity contribution in [3.8, 4) is 5.75 Å². The van der Waals surface area contributed by atoms with Crippen molar-refractivity contribution in [2.45, 2.75) is 4.90 Å². The second kappa shape index (κ2) is 8.83. The summed E-state index contributed by atoms with van der Waals surface area (Å²) in [4.78, 5) is 30.1. The van der Waals surface area contributed by atoms with Crippen LogP contribution >= 0.6 is 11.8 Å². The van der Waals surface area contributed by atoms with E-state index in [9.17, 15) is 9.59 Å². The van der Waals surface area contributed by atoms with Gasteiger partial charge in [-0.25, -0.2) is 0 Å². The number of aryl methyl sites for hydroxylation is 1. The van der Waals surface area contributed by atoms with E-state index in [-0.39, 0.29) is 11.5 Å². The van der Waals surface area contributed by atoms with Crippen molar-refractivity contribution < 1.29 is 9.53 Å². The van der Waals surface area contributed by atoms with E-state index in [2.05, 4.69) is 4.90 Å². The highest BCUT2D eigenvalue weighted by Crippen LogP contribution is 2.29. The fourth-order valence-corrected chi connectivity index (χ4v) is 4.79. The van der Waals surface area contributed by atoms with Crippen LogP contribution in [0.15, 0.2) is 64.3 Å². The summed E-state index contributed by atoms with van der Waals surface area (Å²) >= 11 is 1.44. The van der Waals surface area contributed by atoms with Crippen molar-refractivity contribution in [3.05, 3.63) is 65.0 Å². The van der Waals surface area contributed by atoms with E-state index in [0.29, 0.717) is 18.8 Å². The molecule has 0 atom stereocenters. The Kier molecular flexibility index (Phi) is 5.99. The molecule has 7 heteroatoms. The standard InChI is InChI=1S/C23H25N3O3S/c1-24-18-8-4-3-7-17(18)21(15-22(24)27)30-16-23(28)26-13-11-25(12-14-26)19-9-5-6-10-20(19)29-2/h3-10,15H,11-14,16H2,1-2H3. The summed E-state index contributed by atoms with van der Waals surface area (Å²) in [6.45, 7) is 2.89. The molecule has 6 nitrogen and oxygen atoms in total. The number of ether oxygens (including phenoxy) is 1. The number of benzene rings is 2. The first kappa shape index (κ1) is 20.3. The minimum absolute atomic E-state index is 0.0610. The van der Waals surface area contributed by atoms with E-state index in [4.69, 9.17) is 4.74 Å². The molecule has 30 heavy (non-hydrogen) atoms. The Bertz CT molecular complexity index is 1120. The molecule has 0 N–H and O–H groups in total. The fourth-order valence-electron chi connectivity index (χ4n) is 3.82. The number of hydrogen-bond donors (Lipinski definition) is 0. The smallest absolute Gasteiger partial charge is 0.251 e. The number of hydrogen-bond acceptors (Lipinski definition) is 5. The molecule has 2 heterocycles. The van der Waals surface area contributed by atoms with Crippen LogP contribution in [0, 0.1) is 0 Å². The molecule has 1 aliphatic heterocycles. The Morgan fingerprint density at radius 1 is 1.03 bits per heavy atom. The van der Waals surface area contributed by atoms with Gasteiger partial charge in [-0.1, -0.05) is 30.3 Å². The van der Waals surface area contributed by atoms with Crippen molar-refractivity contribution >= 4 is 34.3 Å². The molecule has 0 saturated carbocycles. The number of methoxy groups -OCH3 is 1. The van der Waals surface area contributed by atoms with Crippen molar-refractivity contribution in [2.24, 2.45) is 7.05 Å². The van der Waals surface area contributed by atoms with Crippen LogP contribution in [0.2, 0.25) is 0 Å². The van der Waals surface area contributed by atoms with Gasteiger partial charge < -0.3 is 19.1 Å². The van der Waals surface area contributed by atoms with Gasteiger partial charge in [-0.05, 0) is 18.2 Å². The number of nitrogens with zero attached hydrogens (tertiary/aromatic N) is 3. The SMILES string of the molecule is COc1ccccc1N1CCN(C(=O)CSc2cc(=O)n(C)c3ccccc23)CC1. The highest BCUT2D eigenvalue weighted by Gasteiger charge is 2.23. The number of aromatic nitrogens is 1. The van der Waals surface area contributed by atoms with Crippen LogP contribution in [0.4, 0.5) is 5.69 Å². The van der Waals surface area contributed by atoms with Crippen LogP contribution in [-0.2, 0) is 11.8 Å². The lowest BCUT2D eigenvalue weighted by atomic mass is 10.2. The van der Waals surface area contributed by atoms with E-state index in [0.717, 1.165) is 40.3 Å². The number of thioether (sulfide) groups is 1. The van der Waals surface area contributed by atoms with E-state index in [1.807, 2.05) is 53.4 Å². The minimum Gasteiger partial charge on any atom is -0.495 e. The predicted molar refractivity (Wildman–Crippen MR) is 122 cm³/mol. The summed E-state index contributed by atoms with van der Waals surface area (Å²) in [6, 6.07) is 17.4. The molecule has 0 bridgehead atoms. The average molecular weight is 424 g/mol. The molecule has 0 aliphatic carbocycles. The number of fused-ring (bicyclic) bond motifs is 1.